The fourth-order valence-electron chi connectivity index (χ4n) is 2.23. The normalized spacial score (nSPS) is 11.3. The van der Waals surface area contributed by atoms with Crippen molar-refractivity contribution in [1.29, 1.82) is 0 Å². The van der Waals surface area contributed by atoms with Crippen molar-refractivity contribution in [2.75, 3.05) is 0 Å². The molecule has 104 valence electrons. The second-order valence-electron chi connectivity index (χ2n) is 4.58. The molecule has 0 bridgehead atoms. The van der Waals surface area contributed by atoms with Crippen LogP contribution in [0.1, 0.15) is 16.5 Å². The lowest BCUT2D eigenvalue weighted by Gasteiger charge is -2.06. The third-order valence-corrected chi connectivity index (χ3v) is 4.88. The smallest absolute Gasteiger partial charge is 0.124 e. The molecular weight excluding hydrogens is 358 g/mol. The lowest BCUT2D eigenvalue weighted by molar-refractivity contribution is 0.685. The van der Waals surface area contributed by atoms with Crippen molar-refractivity contribution < 1.29 is 0 Å². The van der Waals surface area contributed by atoms with E-state index in [1.807, 2.05) is 19.1 Å². The predicted octanol–water partition coefficient (Wildman–Crippen LogP) is 4.55. The standard InChI is InChI=1S/C14H13BrClN3S/c1-9-8-20-14(17-9)4-5-19-12-3-2-10(15)6-11(12)18-13(19)7-16/h2-3,6,8H,4-5,7H2,1H3. The number of nitrogens with zero attached hydrogens (tertiary/aromatic N) is 3. The van der Waals surface area contributed by atoms with Crippen molar-refractivity contribution in [2.45, 2.75) is 25.8 Å². The molecule has 3 aromatic rings. The van der Waals surface area contributed by atoms with Crippen LogP contribution in [0.15, 0.2) is 28.1 Å². The van der Waals surface area contributed by atoms with Crippen LogP contribution in [-0.2, 0) is 18.8 Å². The highest BCUT2D eigenvalue weighted by Gasteiger charge is 2.11. The molecule has 0 spiro atoms. The van der Waals surface area contributed by atoms with E-state index in [-0.39, 0.29) is 0 Å². The van der Waals surface area contributed by atoms with Crippen LogP contribution < -0.4 is 0 Å². The maximum Gasteiger partial charge on any atom is 0.124 e. The Morgan fingerprint density at radius 3 is 2.90 bits per heavy atom. The number of fused-ring (bicyclic) bond motifs is 1. The SMILES string of the molecule is Cc1csc(CCn2c(CCl)nc3cc(Br)ccc32)n1. The molecule has 6 heteroatoms. The first-order valence-electron chi connectivity index (χ1n) is 6.29. The number of hydrogen-bond acceptors (Lipinski definition) is 3. The Morgan fingerprint density at radius 1 is 1.35 bits per heavy atom. The second-order valence-corrected chi connectivity index (χ2v) is 6.70. The lowest BCUT2D eigenvalue weighted by Crippen LogP contribution is -2.05. The zero-order chi connectivity index (χ0) is 14.1. The van der Waals surface area contributed by atoms with Gasteiger partial charge in [-0.15, -0.1) is 22.9 Å². The van der Waals surface area contributed by atoms with Gasteiger partial charge in [-0.05, 0) is 25.1 Å². The molecule has 0 atom stereocenters. The van der Waals surface area contributed by atoms with Gasteiger partial charge in [0.2, 0.25) is 0 Å². The summed E-state index contributed by atoms with van der Waals surface area (Å²) in [5.41, 5.74) is 3.18. The van der Waals surface area contributed by atoms with Gasteiger partial charge >= 0.3 is 0 Å². The van der Waals surface area contributed by atoms with Gasteiger partial charge in [0.1, 0.15) is 5.82 Å². The molecule has 0 aliphatic carbocycles. The first kappa shape index (κ1) is 14.0. The van der Waals surface area contributed by atoms with Crippen molar-refractivity contribution in [1.82, 2.24) is 14.5 Å². The number of hydrogen-bond donors (Lipinski definition) is 0. The Labute approximate surface area is 134 Å². The zero-order valence-corrected chi connectivity index (χ0v) is 14.1. The molecule has 0 fully saturated rings. The van der Waals surface area contributed by atoms with Gasteiger partial charge in [0, 0.05) is 28.5 Å². The first-order chi connectivity index (χ1) is 9.67. The van der Waals surface area contributed by atoms with Crippen molar-refractivity contribution in [3.8, 4) is 0 Å². The minimum Gasteiger partial charge on any atom is -0.327 e. The van der Waals surface area contributed by atoms with Crippen LogP contribution in [0.5, 0.6) is 0 Å². The van der Waals surface area contributed by atoms with Gasteiger partial charge in [-0.3, -0.25) is 0 Å². The Balaban J connectivity index is 1.93. The molecule has 2 aromatic heterocycles. The summed E-state index contributed by atoms with van der Waals surface area (Å²) in [6.07, 6.45) is 0.907. The van der Waals surface area contributed by atoms with Crippen molar-refractivity contribution >= 4 is 49.9 Å². The van der Waals surface area contributed by atoms with Crippen molar-refractivity contribution in [3.63, 3.8) is 0 Å². The summed E-state index contributed by atoms with van der Waals surface area (Å²) in [6.45, 7) is 2.88. The summed E-state index contributed by atoms with van der Waals surface area (Å²) < 4.78 is 3.22. The van der Waals surface area contributed by atoms with E-state index in [2.05, 4.69) is 41.9 Å². The van der Waals surface area contributed by atoms with Crippen LogP contribution in [0.2, 0.25) is 0 Å². The number of imidazole rings is 1. The van der Waals surface area contributed by atoms with Crippen molar-refractivity contribution in [2.24, 2.45) is 0 Å². The van der Waals surface area contributed by atoms with E-state index in [0.717, 1.165) is 45.0 Å². The maximum absolute atomic E-state index is 6.02. The molecule has 1 aromatic carbocycles. The lowest BCUT2D eigenvalue weighted by atomic mass is 10.3. The van der Waals surface area contributed by atoms with Gasteiger partial charge in [0.25, 0.3) is 0 Å². The molecule has 0 aliphatic heterocycles. The molecule has 2 heterocycles. The fraction of sp³-hybridized carbons (Fsp3) is 0.286. The van der Waals surface area contributed by atoms with Crippen LogP contribution >= 0.6 is 38.9 Å². The quantitative estimate of drug-likeness (QED) is 0.631. The number of alkyl halides is 1. The number of rotatable bonds is 4. The largest absolute Gasteiger partial charge is 0.327 e. The van der Waals surface area contributed by atoms with Crippen LogP contribution in [0.3, 0.4) is 0 Å². The van der Waals surface area contributed by atoms with Crippen LogP contribution in [0.4, 0.5) is 0 Å². The maximum atomic E-state index is 6.02. The molecule has 20 heavy (non-hydrogen) atoms. The average molecular weight is 371 g/mol. The van der Waals surface area contributed by atoms with Gasteiger partial charge in [0.15, 0.2) is 0 Å². The molecule has 0 saturated carbocycles. The highest BCUT2D eigenvalue weighted by Crippen LogP contribution is 2.22. The zero-order valence-electron chi connectivity index (χ0n) is 10.9. The topological polar surface area (TPSA) is 30.7 Å². The van der Waals surface area contributed by atoms with Gasteiger partial charge < -0.3 is 4.57 Å². The van der Waals surface area contributed by atoms with Gasteiger partial charge in [-0.25, -0.2) is 9.97 Å². The summed E-state index contributed by atoms with van der Waals surface area (Å²) in [5.74, 6) is 1.33. The molecule has 3 nitrogen and oxygen atoms in total. The minimum absolute atomic E-state index is 0.420. The number of aromatic nitrogens is 3. The number of thiazole rings is 1. The number of halogens is 2. The Morgan fingerprint density at radius 2 is 2.20 bits per heavy atom. The molecular formula is C14H13BrClN3S. The van der Waals surface area contributed by atoms with Gasteiger partial charge in [-0.2, -0.15) is 0 Å². The Kier molecular flexibility index (Phi) is 4.10. The van der Waals surface area contributed by atoms with Crippen LogP contribution in [0.25, 0.3) is 11.0 Å². The third-order valence-electron chi connectivity index (χ3n) is 3.12. The Bertz CT molecular complexity index is 750. The second kappa shape index (κ2) is 5.84. The van der Waals surface area contributed by atoms with Crippen molar-refractivity contribution in [3.05, 3.63) is 44.6 Å². The van der Waals surface area contributed by atoms with E-state index in [1.165, 1.54) is 0 Å². The molecule has 3 rings (SSSR count). The predicted molar refractivity (Wildman–Crippen MR) is 87.5 cm³/mol. The van der Waals surface area contributed by atoms with Crippen LogP contribution in [-0.4, -0.2) is 14.5 Å². The molecule has 0 unspecified atom stereocenters. The Hall–Kier alpha value is -0.910. The number of aryl methyl sites for hydroxylation is 3. The molecule has 0 aliphatic rings. The van der Waals surface area contributed by atoms with E-state index in [4.69, 9.17) is 11.6 Å². The van der Waals surface area contributed by atoms with E-state index in [9.17, 15) is 0 Å². The van der Waals surface area contributed by atoms with Crippen LogP contribution in [0, 0.1) is 6.92 Å². The fourth-order valence-corrected chi connectivity index (χ4v) is 3.55. The minimum atomic E-state index is 0.420. The summed E-state index contributed by atoms with van der Waals surface area (Å²) in [4.78, 5) is 9.10. The average Bonchev–Trinajstić information content (AvgIpc) is 2.99. The van der Waals surface area contributed by atoms with E-state index in [0.29, 0.717) is 5.88 Å². The molecule has 0 N–H and O–H groups in total. The third kappa shape index (κ3) is 2.75. The van der Waals surface area contributed by atoms with Gasteiger partial charge in [0.05, 0.1) is 21.9 Å². The monoisotopic (exact) mass is 369 g/mol. The summed E-state index contributed by atoms with van der Waals surface area (Å²) in [7, 11) is 0. The summed E-state index contributed by atoms with van der Waals surface area (Å²) in [5, 5.41) is 3.24. The highest BCUT2D eigenvalue weighted by molar-refractivity contribution is 9.10. The highest BCUT2D eigenvalue weighted by atomic mass is 79.9. The number of benzene rings is 1. The summed E-state index contributed by atoms with van der Waals surface area (Å²) in [6, 6.07) is 6.14. The molecule has 0 radical (unpaired) electrons. The van der Waals surface area contributed by atoms with E-state index >= 15 is 0 Å². The molecule has 0 amide bonds. The summed E-state index contributed by atoms with van der Waals surface area (Å²) >= 11 is 11.2. The first-order valence-corrected chi connectivity index (χ1v) is 8.49. The van der Waals surface area contributed by atoms with E-state index in [1.54, 1.807) is 11.3 Å². The molecule has 0 saturated heterocycles. The van der Waals surface area contributed by atoms with E-state index < -0.39 is 0 Å². The van der Waals surface area contributed by atoms with Gasteiger partial charge in [-0.1, -0.05) is 15.9 Å².